The largest absolute Gasteiger partial charge is 0.439 e. The molecule has 0 saturated carbocycles. The zero-order chi connectivity index (χ0) is 19.2. The summed E-state index contributed by atoms with van der Waals surface area (Å²) < 4.78 is 5.70. The van der Waals surface area contributed by atoms with Gasteiger partial charge in [0, 0.05) is 28.5 Å². The number of nitrogens with two attached hydrogens (primary N) is 2. The number of benzene rings is 1. The minimum Gasteiger partial charge on any atom is -0.439 e. The van der Waals surface area contributed by atoms with E-state index in [2.05, 4.69) is 15.0 Å². The number of ether oxygens (including phenoxy) is 1. The molecular weight excluding hydrogens is 362 g/mol. The molecule has 0 unspecified atom stereocenters. The van der Waals surface area contributed by atoms with Gasteiger partial charge in [-0.1, -0.05) is 23.7 Å². The van der Waals surface area contributed by atoms with E-state index in [1.54, 1.807) is 12.3 Å². The van der Waals surface area contributed by atoms with Gasteiger partial charge in [0.15, 0.2) is 0 Å². The molecule has 3 aromatic rings. The quantitative estimate of drug-likeness (QED) is 0.588. The SMILES string of the molecule is Cc1nc(N)nc(N)c1CCCCc1ccc(Oc2ccccn2)cc1Cl. The fraction of sp³-hybridized carbons (Fsp3) is 0.250. The van der Waals surface area contributed by atoms with Crippen molar-refractivity contribution in [3.05, 3.63) is 64.4 Å². The highest BCUT2D eigenvalue weighted by molar-refractivity contribution is 6.31. The van der Waals surface area contributed by atoms with Crippen LogP contribution in [0.2, 0.25) is 5.02 Å². The molecule has 0 aliphatic carbocycles. The van der Waals surface area contributed by atoms with Gasteiger partial charge in [0.2, 0.25) is 11.8 Å². The van der Waals surface area contributed by atoms with Crippen molar-refractivity contribution in [3.8, 4) is 11.6 Å². The number of aryl methyl sites for hydroxylation is 2. The fourth-order valence-electron chi connectivity index (χ4n) is 2.89. The second-order valence-corrected chi connectivity index (χ2v) is 6.67. The Bertz CT molecular complexity index is 894. The molecule has 0 bridgehead atoms. The summed E-state index contributed by atoms with van der Waals surface area (Å²) in [5, 5.41) is 0.690. The zero-order valence-electron chi connectivity index (χ0n) is 15.2. The molecule has 4 N–H and O–H groups in total. The van der Waals surface area contributed by atoms with E-state index in [1.165, 1.54) is 0 Å². The third-order valence-electron chi connectivity index (χ3n) is 4.27. The van der Waals surface area contributed by atoms with Crippen molar-refractivity contribution in [2.75, 3.05) is 11.5 Å². The maximum atomic E-state index is 6.41. The molecule has 0 amide bonds. The van der Waals surface area contributed by atoms with Gasteiger partial charge in [0.25, 0.3) is 0 Å². The number of hydrogen-bond donors (Lipinski definition) is 2. The van der Waals surface area contributed by atoms with Gasteiger partial charge >= 0.3 is 0 Å². The van der Waals surface area contributed by atoms with Crippen LogP contribution in [-0.2, 0) is 12.8 Å². The molecule has 0 aliphatic rings. The lowest BCUT2D eigenvalue weighted by Crippen LogP contribution is -2.07. The molecule has 0 saturated heterocycles. The van der Waals surface area contributed by atoms with Crippen LogP contribution in [0.4, 0.5) is 11.8 Å². The second kappa shape index (κ2) is 8.68. The molecule has 0 radical (unpaired) electrons. The third-order valence-corrected chi connectivity index (χ3v) is 4.62. The fourth-order valence-corrected chi connectivity index (χ4v) is 3.15. The maximum absolute atomic E-state index is 6.41. The molecule has 6 nitrogen and oxygen atoms in total. The van der Waals surface area contributed by atoms with Crippen LogP contribution in [0.25, 0.3) is 0 Å². The Morgan fingerprint density at radius 1 is 1.04 bits per heavy atom. The van der Waals surface area contributed by atoms with Crippen molar-refractivity contribution < 1.29 is 4.74 Å². The van der Waals surface area contributed by atoms with Crippen molar-refractivity contribution in [2.45, 2.75) is 32.6 Å². The first-order valence-electron chi connectivity index (χ1n) is 8.78. The predicted molar refractivity (Wildman–Crippen MR) is 108 cm³/mol. The first kappa shape index (κ1) is 18.9. The number of rotatable bonds is 7. The molecule has 0 fully saturated rings. The van der Waals surface area contributed by atoms with E-state index in [1.807, 2.05) is 37.3 Å². The zero-order valence-corrected chi connectivity index (χ0v) is 15.9. The number of nitrogen functional groups attached to an aromatic ring is 2. The molecule has 2 heterocycles. The van der Waals surface area contributed by atoms with E-state index in [-0.39, 0.29) is 5.95 Å². The Hall–Kier alpha value is -2.86. The van der Waals surface area contributed by atoms with Gasteiger partial charge in [0.1, 0.15) is 11.6 Å². The third kappa shape index (κ3) is 5.08. The Morgan fingerprint density at radius 3 is 2.56 bits per heavy atom. The van der Waals surface area contributed by atoms with E-state index >= 15 is 0 Å². The van der Waals surface area contributed by atoms with Crippen molar-refractivity contribution in [2.24, 2.45) is 0 Å². The summed E-state index contributed by atoms with van der Waals surface area (Å²) in [5.74, 6) is 1.90. The van der Waals surface area contributed by atoms with Gasteiger partial charge in [-0.2, -0.15) is 4.98 Å². The second-order valence-electron chi connectivity index (χ2n) is 6.26. The van der Waals surface area contributed by atoms with Gasteiger partial charge < -0.3 is 16.2 Å². The highest BCUT2D eigenvalue weighted by atomic mass is 35.5. The smallest absolute Gasteiger partial charge is 0.222 e. The first-order chi connectivity index (χ1) is 13.0. The van der Waals surface area contributed by atoms with Crippen LogP contribution in [-0.4, -0.2) is 15.0 Å². The summed E-state index contributed by atoms with van der Waals surface area (Å²) in [6, 6.07) is 11.2. The minimum absolute atomic E-state index is 0.216. The summed E-state index contributed by atoms with van der Waals surface area (Å²) in [4.78, 5) is 12.4. The van der Waals surface area contributed by atoms with Crippen LogP contribution in [0.5, 0.6) is 11.6 Å². The van der Waals surface area contributed by atoms with Crippen molar-refractivity contribution in [1.29, 1.82) is 0 Å². The maximum Gasteiger partial charge on any atom is 0.222 e. The molecule has 1 aromatic carbocycles. The number of aromatic nitrogens is 3. The average molecular weight is 384 g/mol. The average Bonchev–Trinajstić information content (AvgIpc) is 2.62. The van der Waals surface area contributed by atoms with Crippen LogP contribution in [0.15, 0.2) is 42.6 Å². The number of halogens is 1. The molecule has 0 atom stereocenters. The van der Waals surface area contributed by atoms with E-state index in [4.69, 9.17) is 27.8 Å². The van der Waals surface area contributed by atoms with Crippen molar-refractivity contribution in [3.63, 3.8) is 0 Å². The lowest BCUT2D eigenvalue weighted by atomic mass is 10.0. The number of hydrogen-bond acceptors (Lipinski definition) is 6. The molecule has 0 aliphatic heterocycles. The van der Waals surface area contributed by atoms with Gasteiger partial charge in [-0.15, -0.1) is 0 Å². The lowest BCUT2D eigenvalue weighted by molar-refractivity contribution is 0.463. The Labute approximate surface area is 163 Å². The van der Waals surface area contributed by atoms with Crippen LogP contribution < -0.4 is 16.2 Å². The predicted octanol–water partition coefficient (Wildman–Crippen LogP) is 4.36. The van der Waals surface area contributed by atoms with Crippen LogP contribution in [0.1, 0.15) is 29.7 Å². The molecule has 140 valence electrons. The standard InChI is InChI=1S/C20H22ClN5O/c1-13-16(19(22)26-20(23)25-13)7-3-2-6-14-9-10-15(12-17(14)21)27-18-8-4-5-11-24-18/h4-5,8-12H,2-3,6-7H2,1H3,(H4,22,23,25,26). The topological polar surface area (TPSA) is 99.9 Å². The van der Waals surface area contributed by atoms with Gasteiger partial charge in [-0.25, -0.2) is 9.97 Å². The van der Waals surface area contributed by atoms with E-state index in [9.17, 15) is 0 Å². The highest BCUT2D eigenvalue weighted by Gasteiger charge is 2.09. The minimum atomic E-state index is 0.216. The van der Waals surface area contributed by atoms with Crippen LogP contribution >= 0.6 is 11.6 Å². The molecule has 27 heavy (non-hydrogen) atoms. The van der Waals surface area contributed by atoms with Crippen LogP contribution in [0, 0.1) is 6.92 Å². The summed E-state index contributed by atoms with van der Waals surface area (Å²) in [6.45, 7) is 1.90. The molecular formula is C20H22ClN5O. The summed E-state index contributed by atoms with van der Waals surface area (Å²) in [6.07, 6.45) is 5.31. The monoisotopic (exact) mass is 383 g/mol. The number of pyridine rings is 1. The van der Waals surface area contributed by atoms with Gasteiger partial charge in [0.05, 0.1) is 0 Å². The molecule has 2 aromatic heterocycles. The highest BCUT2D eigenvalue weighted by Crippen LogP contribution is 2.27. The van der Waals surface area contributed by atoms with Gasteiger partial charge in [-0.3, -0.25) is 0 Å². The first-order valence-corrected chi connectivity index (χ1v) is 9.16. The summed E-state index contributed by atoms with van der Waals surface area (Å²) >= 11 is 6.41. The van der Waals surface area contributed by atoms with Crippen LogP contribution in [0.3, 0.4) is 0 Å². The van der Waals surface area contributed by atoms with E-state index in [0.29, 0.717) is 22.5 Å². The molecule has 3 rings (SSSR count). The Morgan fingerprint density at radius 2 is 1.85 bits per heavy atom. The van der Waals surface area contributed by atoms with E-state index < -0.39 is 0 Å². The Balaban J connectivity index is 1.54. The van der Waals surface area contributed by atoms with Crippen molar-refractivity contribution >= 4 is 23.4 Å². The van der Waals surface area contributed by atoms with Gasteiger partial charge in [-0.05, 0) is 56.4 Å². The number of nitrogens with zero attached hydrogens (tertiary/aromatic N) is 3. The molecule has 0 spiro atoms. The lowest BCUT2D eigenvalue weighted by Gasteiger charge is -2.10. The Kier molecular flexibility index (Phi) is 6.08. The summed E-state index contributed by atoms with van der Waals surface area (Å²) in [7, 11) is 0. The summed E-state index contributed by atoms with van der Waals surface area (Å²) in [5.41, 5.74) is 14.4. The number of anilines is 2. The van der Waals surface area contributed by atoms with Crippen molar-refractivity contribution in [1.82, 2.24) is 15.0 Å². The van der Waals surface area contributed by atoms with E-state index in [0.717, 1.165) is 42.5 Å². The number of unbranched alkanes of at least 4 members (excludes halogenated alkanes) is 1. The normalized spacial score (nSPS) is 10.7. The molecule has 7 heteroatoms.